The monoisotopic (exact) mass is 332 g/mol. The van der Waals surface area contributed by atoms with Crippen LogP contribution in [0.5, 0.6) is 0 Å². The third kappa shape index (κ3) is 3.83. The number of nitrogens with two attached hydrogens (primary N) is 1. The van der Waals surface area contributed by atoms with Crippen LogP contribution in [0.1, 0.15) is 19.8 Å². The summed E-state index contributed by atoms with van der Waals surface area (Å²) in [5.74, 6) is 0.163. The van der Waals surface area contributed by atoms with Gasteiger partial charge in [0, 0.05) is 17.5 Å². The molecule has 1 heterocycles. The minimum absolute atomic E-state index is 0.106. The van der Waals surface area contributed by atoms with E-state index >= 15 is 0 Å². The smallest absolute Gasteiger partial charge is 0.230 e. The lowest BCUT2D eigenvalue weighted by molar-refractivity contribution is -0.116. The highest BCUT2D eigenvalue weighted by Crippen LogP contribution is 2.33. The van der Waals surface area contributed by atoms with Crippen molar-refractivity contribution in [2.45, 2.75) is 19.8 Å². The maximum Gasteiger partial charge on any atom is 0.230 e. The highest BCUT2D eigenvalue weighted by molar-refractivity contribution is 5.91. The molecule has 0 bridgehead atoms. The van der Waals surface area contributed by atoms with Crippen LogP contribution in [0.3, 0.4) is 0 Å². The Balaban J connectivity index is 2.12. The maximum atomic E-state index is 12.0. The first-order valence-electron chi connectivity index (χ1n) is 8.27. The van der Waals surface area contributed by atoms with E-state index in [1.54, 1.807) is 0 Å². The molecular formula is C20H20N4O. The van der Waals surface area contributed by atoms with E-state index in [2.05, 4.69) is 15.3 Å². The predicted octanol–water partition coefficient (Wildman–Crippen LogP) is 4.13. The summed E-state index contributed by atoms with van der Waals surface area (Å²) in [7, 11) is 0. The fourth-order valence-corrected chi connectivity index (χ4v) is 2.57. The summed E-state index contributed by atoms with van der Waals surface area (Å²) in [6.45, 7) is 1.95. The Morgan fingerprint density at radius 3 is 1.84 bits per heavy atom. The first-order valence-corrected chi connectivity index (χ1v) is 8.27. The Morgan fingerprint density at radius 2 is 1.40 bits per heavy atom. The van der Waals surface area contributed by atoms with Crippen molar-refractivity contribution >= 4 is 17.5 Å². The lowest BCUT2D eigenvalue weighted by Crippen LogP contribution is -2.14. The molecule has 0 saturated carbocycles. The second kappa shape index (κ2) is 7.57. The molecule has 5 heteroatoms. The first kappa shape index (κ1) is 16.6. The normalized spacial score (nSPS) is 10.4. The summed E-state index contributed by atoms with van der Waals surface area (Å²) in [5.41, 5.74) is 9.84. The van der Waals surface area contributed by atoms with E-state index in [-0.39, 0.29) is 11.9 Å². The summed E-state index contributed by atoms with van der Waals surface area (Å²) in [4.78, 5) is 20.9. The average molecular weight is 332 g/mol. The first-order chi connectivity index (χ1) is 12.2. The van der Waals surface area contributed by atoms with Gasteiger partial charge in [0.1, 0.15) is 0 Å². The van der Waals surface area contributed by atoms with E-state index < -0.39 is 0 Å². The van der Waals surface area contributed by atoms with Crippen LogP contribution in [0.25, 0.3) is 22.5 Å². The molecule has 0 fully saturated rings. The summed E-state index contributed by atoms with van der Waals surface area (Å²) >= 11 is 0. The summed E-state index contributed by atoms with van der Waals surface area (Å²) in [5, 5.41) is 2.77. The maximum absolute atomic E-state index is 12.0. The Labute approximate surface area is 146 Å². The molecule has 25 heavy (non-hydrogen) atoms. The minimum atomic E-state index is -0.106. The molecule has 5 nitrogen and oxygen atoms in total. The van der Waals surface area contributed by atoms with Crippen LogP contribution in [0.2, 0.25) is 0 Å². The van der Waals surface area contributed by atoms with Crippen molar-refractivity contribution in [2.24, 2.45) is 0 Å². The largest absolute Gasteiger partial charge is 0.395 e. The van der Waals surface area contributed by atoms with Gasteiger partial charge in [0.15, 0.2) is 0 Å². The predicted molar refractivity (Wildman–Crippen MR) is 101 cm³/mol. The van der Waals surface area contributed by atoms with Crippen molar-refractivity contribution in [1.29, 1.82) is 0 Å². The number of nitrogens with zero attached hydrogens (tertiary/aromatic N) is 2. The van der Waals surface area contributed by atoms with E-state index in [1.165, 1.54) is 0 Å². The molecule has 0 aliphatic rings. The molecule has 0 radical (unpaired) electrons. The Hall–Kier alpha value is -3.21. The van der Waals surface area contributed by atoms with Crippen molar-refractivity contribution in [3.63, 3.8) is 0 Å². The van der Waals surface area contributed by atoms with Crippen molar-refractivity contribution in [1.82, 2.24) is 9.97 Å². The molecule has 0 saturated heterocycles. The van der Waals surface area contributed by atoms with Crippen LogP contribution in [0.15, 0.2) is 60.7 Å². The molecule has 3 rings (SSSR count). The van der Waals surface area contributed by atoms with Gasteiger partial charge in [-0.1, -0.05) is 67.6 Å². The van der Waals surface area contributed by atoms with Crippen LogP contribution in [0.4, 0.5) is 11.6 Å². The molecular weight excluding hydrogens is 312 g/mol. The topological polar surface area (TPSA) is 80.9 Å². The van der Waals surface area contributed by atoms with Gasteiger partial charge in [0.25, 0.3) is 0 Å². The Bertz CT molecular complexity index is 803. The summed E-state index contributed by atoms with van der Waals surface area (Å²) < 4.78 is 0. The fraction of sp³-hybridized carbons (Fsp3) is 0.150. The van der Waals surface area contributed by atoms with Crippen LogP contribution in [-0.2, 0) is 4.79 Å². The number of rotatable bonds is 5. The summed E-state index contributed by atoms with van der Waals surface area (Å²) in [6.07, 6.45) is 1.19. The van der Waals surface area contributed by atoms with Crippen molar-refractivity contribution in [3.8, 4) is 22.5 Å². The van der Waals surface area contributed by atoms with E-state index in [1.807, 2.05) is 67.6 Å². The van der Waals surface area contributed by atoms with Crippen LogP contribution >= 0.6 is 0 Å². The Kier molecular flexibility index (Phi) is 5.04. The van der Waals surface area contributed by atoms with E-state index in [9.17, 15) is 4.79 Å². The van der Waals surface area contributed by atoms with Crippen molar-refractivity contribution in [2.75, 3.05) is 11.1 Å². The molecule has 0 aliphatic carbocycles. The SMILES string of the molecule is CCCC(=O)Nc1nc(-c2ccccc2)c(N)c(-c2ccccc2)n1. The van der Waals surface area contributed by atoms with Crippen LogP contribution in [-0.4, -0.2) is 15.9 Å². The number of nitrogens with one attached hydrogen (secondary N) is 1. The van der Waals surface area contributed by atoms with Crippen LogP contribution < -0.4 is 11.1 Å². The number of benzene rings is 2. The van der Waals surface area contributed by atoms with Gasteiger partial charge in [0.2, 0.25) is 11.9 Å². The number of carbonyl (C=O) groups excluding carboxylic acids is 1. The lowest BCUT2D eigenvalue weighted by atomic mass is 10.1. The number of hydrogen-bond acceptors (Lipinski definition) is 4. The second-order valence-corrected chi connectivity index (χ2v) is 5.69. The number of hydrogen-bond donors (Lipinski definition) is 2. The molecule has 2 aromatic carbocycles. The molecule has 0 spiro atoms. The van der Waals surface area contributed by atoms with Gasteiger partial charge in [-0.2, -0.15) is 0 Å². The standard InChI is InChI=1S/C20H20N4O/c1-2-9-16(25)22-20-23-18(14-10-5-3-6-11-14)17(21)19(24-20)15-12-7-4-8-13-15/h3-8,10-13H,2,9,21H2,1H3,(H,22,23,24,25). The Morgan fingerprint density at radius 1 is 0.920 bits per heavy atom. The molecule has 3 N–H and O–H groups in total. The van der Waals surface area contributed by atoms with Gasteiger partial charge in [-0.15, -0.1) is 0 Å². The molecule has 0 atom stereocenters. The quantitative estimate of drug-likeness (QED) is 0.736. The second-order valence-electron chi connectivity index (χ2n) is 5.69. The zero-order valence-corrected chi connectivity index (χ0v) is 14.1. The number of amides is 1. The van der Waals surface area contributed by atoms with Gasteiger partial charge in [-0.05, 0) is 6.42 Å². The lowest BCUT2D eigenvalue weighted by Gasteiger charge is -2.13. The van der Waals surface area contributed by atoms with Gasteiger partial charge >= 0.3 is 0 Å². The third-order valence-corrected chi connectivity index (χ3v) is 3.77. The van der Waals surface area contributed by atoms with Gasteiger partial charge in [-0.3, -0.25) is 10.1 Å². The zero-order valence-electron chi connectivity index (χ0n) is 14.1. The van der Waals surface area contributed by atoms with Gasteiger partial charge < -0.3 is 5.73 Å². The van der Waals surface area contributed by atoms with Gasteiger partial charge in [0.05, 0.1) is 17.1 Å². The van der Waals surface area contributed by atoms with Gasteiger partial charge in [-0.25, -0.2) is 9.97 Å². The molecule has 3 aromatic rings. The molecule has 1 amide bonds. The molecule has 126 valence electrons. The fourth-order valence-electron chi connectivity index (χ4n) is 2.57. The molecule has 1 aromatic heterocycles. The van der Waals surface area contributed by atoms with E-state index in [4.69, 9.17) is 5.73 Å². The summed E-state index contributed by atoms with van der Waals surface area (Å²) in [6, 6.07) is 19.3. The third-order valence-electron chi connectivity index (χ3n) is 3.77. The van der Waals surface area contributed by atoms with E-state index in [0.717, 1.165) is 17.5 Å². The number of carbonyl (C=O) groups is 1. The minimum Gasteiger partial charge on any atom is -0.395 e. The van der Waals surface area contributed by atoms with Crippen LogP contribution in [0, 0.1) is 0 Å². The average Bonchev–Trinajstić information content (AvgIpc) is 2.64. The zero-order chi connectivity index (χ0) is 17.6. The number of aromatic nitrogens is 2. The van der Waals surface area contributed by atoms with Crippen molar-refractivity contribution < 1.29 is 4.79 Å². The molecule has 0 unspecified atom stereocenters. The van der Waals surface area contributed by atoms with E-state index in [0.29, 0.717) is 23.5 Å². The number of nitrogen functional groups attached to an aromatic ring is 1. The highest BCUT2D eigenvalue weighted by Gasteiger charge is 2.16. The highest BCUT2D eigenvalue weighted by atomic mass is 16.1. The number of anilines is 2. The van der Waals surface area contributed by atoms with Crippen molar-refractivity contribution in [3.05, 3.63) is 60.7 Å². The molecule has 0 aliphatic heterocycles.